The molecule has 1 rings (SSSR count). The fraction of sp³-hybridized carbons (Fsp3) is 0.950. The summed E-state index contributed by atoms with van der Waals surface area (Å²) in [6, 6.07) is 0.366. The van der Waals surface area contributed by atoms with Gasteiger partial charge in [0.05, 0.1) is 0 Å². The fourth-order valence-corrected chi connectivity index (χ4v) is 3.70. The van der Waals surface area contributed by atoms with Crippen LogP contribution in [0.1, 0.15) is 84.0 Å². The molecule has 1 saturated heterocycles. The smallest absolute Gasteiger partial charge is 0.218 e. The van der Waals surface area contributed by atoms with Gasteiger partial charge >= 0.3 is 0 Å². The Balaban J connectivity index is 2.09. The number of nitrogens with zero attached hydrogens (tertiary/aromatic N) is 2. The van der Waals surface area contributed by atoms with Gasteiger partial charge in [0.1, 0.15) is 0 Å². The minimum Gasteiger partial charge on any atom is -0.370 e. The first-order chi connectivity index (χ1) is 11.6. The minimum absolute atomic E-state index is 0.147. The Morgan fingerprint density at radius 2 is 1.38 bits per heavy atom. The predicted molar refractivity (Wildman–Crippen MR) is 103 cm³/mol. The van der Waals surface area contributed by atoms with Crippen LogP contribution in [0, 0.1) is 0 Å². The Labute approximate surface area is 150 Å². The van der Waals surface area contributed by atoms with Crippen LogP contribution in [0.4, 0.5) is 0 Å². The lowest BCUT2D eigenvalue weighted by Gasteiger charge is -2.37. The molecule has 0 aromatic rings. The van der Waals surface area contributed by atoms with Crippen molar-refractivity contribution in [1.82, 2.24) is 9.80 Å². The molecule has 1 fully saturated rings. The summed E-state index contributed by atoms with van der Waals surface area (Å²) in [7, 11) is 2.17. The zero-order valence-corrected chi connectivity index (χ0v) is 16.3. The first-order valence-electron chi connectivity index (χ1n) is 10.3. The summed E-state index contributed by atoms with van der Waals surface area (Å²) in [5.41, 5.74) is 5.47. The van der Waals surface area contributed by atoms with E-state index < -0.39 is 0 Å². The van der Waals surface area contributed by atoms with Gasteiger partial charge in [-0.25, -0.2) is 0 Å². The molecular formula is C20H41N3O. The molecule has 0 aromatic heterocycles. The normalized spacial score (nSPS) is 17.9. The van der Waals surface area contributed by atoms with Crippen LogP contribution >= 0.6 is 0 Å². The van der Waals surface area contributed by atoms with Crippen LogP contribution in [0.3, 0.4) is 0 Å². The summed E-state index contributed by atoms with van der Waals surface area (Å²) in [5, 5.41) is 0. The Morgan fingerprint density at radius 3 is 1.88 bits per heavy atom. The van der Waals surface area contributed by atoms with Crippen molar-refractivity contribution in [3.8, 4) is 0 Å². The number of rotatable bonds is 14. The maximum atomic E-state index is 11.4. The number of hydrogen-bond acceptors (Lipinski definition) is 3. The van der Waals surface area contributed by atoms with Gasteiger partial charge in [-0.15, -0.1) is 0 Å². The van der Waals surface area contributed by atoms with Gasteiger partial charge in [0.25, 0.3) is 0 Å². The summed E-state index contributed by atoms with van der Waals surface area (Å²) in [5.74, 6) is -0.147. The van der Waals surface area contributed by atoms with E-state index in [2.05, 4.69) is 23.8 Å². The molecule has 24 heavy (non-hydrogen) atoms. The largest absolute Gasteiger partial charge is 0.370 e. The second-order valence-electron chi connectivity index (χ2n) is 7.63. The Kier molecular flexibility index (Phi) is 12.2. The van der Waals surface area contributed by atoms with E-state index in [0.717, 1.165) is 32.6 Å². The van der Waals surface area contributed by atoms with Crippen LogP contribution in [0.5, 0.6) is 0 Å². The molecular weight excluding hydrogens is 298 g/mol. The monoisotopic (exact) mass is 339 g/mol. The average molecular weight is 340 g/mol. The quantitative estimate of drug-likeness (QED) is 0.490. The topological polar surface area (TPSA) is 49.6 Å². The van der Waals surface area contributed by atoms with E-state index in [0.29, 0.717) is 12.5 Å². The Morgan fingerprint density at radius 1 is 0.875 bits per heavy atom. The first kappa shape index (κ1) is 21.4. The second kappa shape index (κ2) is 13.7. The van der Waals surface area contributed by atoms with Crippen molar-refractivity contribution in [3.63, 3.8) is 0 Å². The van der Waals surface area contributed by atoms with Crippen molar-refractivity contribution in [2.45, 2.75) is 90.0 Å². The van der Waals surface area contributed by atoms with E-state index in [1.165, 1.54) is 64.2 Å². The van der Waals surface area contributed by atoms with Gasteiger partial charge in [-0.05, 0) is 13.5 Å². The number of piperazine rings is 1. The van der Waals surface area contributed by atoms with Crippen molar-refractivity contribution in [2.75, 3.05) is 33.2 Å². The number of primary amides is 1. The van der Waals surface area contributed by atoms with Crippen molar-refractivity contribution < 1.29 is 4.79 Å². The molecule has 0 bridgehead atoms. The third-order valence-corrected chi connectivity index (χ3v) is 5.38. The average Bonchev–Trinajstić information content (AvgIpc) is 2.56. The summed E-state index contributed by atoms with van der Waals surface area (Å²) in [6.45, 7) is 6.63. The third kappa shape index (κ3) is 10.3. The molecule has 0 spiro atoms. The van der Waals surface area contributed by atoms with Crippen LogP contribution in [0.25, 0.3) is 0 Å². The predicted octanol–water partition coefficient (Wildman–Crippen LogP) is 3.79. The van der Waals surface area contributed by atoms with Gasteiger partial charge < -0.3 is 10.6 Å². The summed E-state index contributed by atoms with van der Waals surface area (Å²) >= 11 is 0. The second-order valence-corrected chi connectivity index (χ2v) is 7.63. The lowest BCUT2D eigenvalue weighted by Crippen LogP contribution is -2.49. The molecule has 142 valence electrons. The van der Waals surface area contributed by atoms with Crippen molar-refractivity contribution in [2.24, 2.45) is 5.73 Å². The third-order valence-electron chi connectivity index (χ3n) is 5.38. The molecule has 1 aliphatic rings. The number of unbranched alkanes of at least 4 members (excludes halogenated alkanes) is 9. The Hall–Kier alpha value is -0.610. The van der Waals surface area contributed by atoms with Gasteiger partial charge in [0.15, 0.2) is 0 Å². The summed E-state index contributed by atoms with van der Waals surface area (Å²) < 4.78 is 0. The van der Waals surface area contributed by atoms with Gasteiger partial charge in [0.2, 0.25) is 5.91 Å². The van der Waals surface area contributed by atoms with E-state index >= 15 is 0 Å². The van der Waals surface area contributed by atoms with Crippen LogP contribution < -0.4 is 5.73 Å². The number of nitrogens with two attached hydrogens (primary N) is 1. The van der Waals surface area contributed by atoms with E-state index in [1.807, 2.05) is 0 Å². The molecule has 1 unspecified atom stereocenters. The zero-order valence-electron chi connectivity index (χ0n) is 16.3. The standard InChI is InChI=1S/C20H41N3O/c1-3-4-5-6-7-8-9-10-11-12-13-19(18-20(21)24)23-16-14-22(2)15-17-23/h19H,3-18H2,1-2H3,(H2,21,24). The van der Waals surface area contributed by atoms with Crippen LogP contribution in [-0.4, -0.2) is 55.0 Å². The molecule has 1 atom stereocenters. The van der Waals surface area contributed by atoms with Gasteiger partial charge in [-0.2, -0.15) is 0 Å². The van der Waals surface area contributed by atoms with Crippen LogP contribution in [-0.2, 0) is 4.79 Å². The molecule has 1 amide bonds. The van der Waals surface area contributed by atoms with Gasteiger partial charge in [-0.1, -0.05) is 71.1 Å². The highest BCUT2D eigenvalue weighted by atomic mass is 16.1. The zero-order chi connectivity index (χ0) is 17.6. The van der Waals surface area contributed by atoms with Crippen molar-refractivity contribution in [3.05, 3.63) is 0 Å². The maximum Gasteiger partial charge on any atom is 0.218 e. The van der Waals surface area contributed by atoms with E-state index in [1.54, 1.807) is 0 Å². The summed E-state index contributed by atoms with van der Waals surface area (Å²) in [6.07, 6.45) is 15.3. The molecule has 0 aromatic carbocycles. The SMILES string of the molecule is CCCCCCCCCCCCC(CC(N)=O)N1CCN(C)CC1. The molecule has 2 N–H and O–H groups in total. The number of amides is 1. The maximum absolute atomic E-state index is 11.4. The van der Waals surface area contributed by atoms with Crippen LogP contribution in [0.2, 0.25) is 0 Å². The molecule has 4 heteroatoms. The number of hydrogen-bond donors (Lipinski definition) is 1. The van der Waals surface area contributed by atoms with Gasteiger partial charge in [-0.3, -0.25) is 9.69 Å². The molecule has 1 aliphatic heterocycles. The highest BCUT2D eigenvalue weighted by Gasteiger charge is 2.23. The van der Waals surface area contributed by atoms with Crippen molar-refractivity contribution in [1.29, 1.82) is 0 Å². The number of carbonyl (C=O) groups is 1. The van der Waals surface area contributed by atoms with Gasteiger partial charge in [0, 0.05) is 38.6 Å². The molecule has 0 aliphatic carbocycles. The highest BCUT2D eigenvalue weighted by molar-refractivity contribution is 5.74. The first-order valence-corrected chi connectivity index (χ1v) is 10.3. The lowest BCUT2D eigenvalue weighted by molar-refractivity contribution is -0.119. The van der Waals surface area contributed by atoms with E-state index in [-0.39, 0.29) is 5.91 Å². The molecule has 0 radical (unpaired) electrons. The number of likely N-dealkylation sites (N-methyl/N-ethyl adjacent to an activating group) is 1. The molecule has 4 nitrogen and oxygen atoms in total. The van der Waals surface area contributed by atoms with E-state index in [9.17, 15) is 4.79 Å². The molecule has 0 saturated carbocycles. The lowest BCUT2D eigenvalue weighted by atomic mass is 10.0. The fourth-order valence-electron chi connectivity index (χ4n) is 3.70. The van der Waals surface area contributed by atoms with Crippen LogP contribution in [0.15, 0.2) is 0 Å². The summed E-state index contributed by atoms with van der Waals surface area (Å²) in [4.78, 5) is 16.2. The highest BCUT2D eigenvalue weighted by Crippen LogP contribution is 2.17. The van der Waals surface area contributed by atoms with E-state index in [4.69, 9.17) is 5.73 Å². The number of carbonyl (C=O) groups excluding carboxylic acids is 1. The minimum atomic E-state index is -0.147. The molecule has 1 heterocycles. The van der Waals surface area contributed by atoms with Crippen molar-refractivity contribution >= 4 is 5.91 Å². The Bertz CT molecular complexity index is 314.